The van der Waals surface area contributed by atoms with Crippen molar-refractivity contribution in [2.24, 2.45) is 0 Å². The maximum atomic E-state index is 12.0. The van der Waals surface area contributed by atoms with Gasteiger partial charge in [-0.25, -0.2) is 0 Å². The highest BCUT2D eigenvalue weighted by Crippen LogP contribution is 2.22. The van der Waals surface area contributed by atoms with Gasteiger partial charge in [0.25, 0.3) is 0 Å². The van der Waals surface area contributed by atoms with Crippen LogP contribution in [0.25, 0.3) is 11.4 Å². The summed E-state index contributed by atoms with van der Waals surface area (Å²) in [5.74, 6) is 0.938. The van der Waals surface area contributed by atoms with Gasteiger partial charge in [0, 0.05) is 18.0 Å². The molecule has 3 aromatic rings. The van der Waals surface area contributed by atoms with Gasteiger partial charge in [0.2, 0.25) is 17.6 Å². The fourth-order valence-electron chi connectivity index (χ4n) is 1.84. The van der Waals surface area contributed by atoms with Gasteiger partial charge in [0.1, 0.15) is 11.0 Å². The monoisotopic (exact) mass is 362 g/mol. The Morgan fingerprint density at radius 2 is 2.17 bits per heavy atom. The lowest BCUT2D eigenvalue weighted by Gasteiger charge is -2.08. The molecule has 8 nitrogen and oxygen atoms in total. The molecule has 3 heterocycles. The molecule has 0 saturated carbocycles. The molecule has 0 aliphatic rings. The van der Waals surface area contributed by atoms with Crippen LogP contribution in [0.2, 0.25) is 0 Å². The summed E-state index contributed by atoms with van der Waals surface area (Å²) in [6.07, 6.45) is 3.31. The van der Waals surface area contributed by atoms with Crippen LogP contribution in [-0.2, 0) is 4.79 Å². The molecule has 10 heteroatoms. The average molecular weight is 362 g/mol. The van der Waals surface area contributed by atoms with Crippen molar-refractivity contribution < 1.29 is 9.32 Å². The lowest BCUT2D eigenvalue weighted by Crippen LogP contribution is -2.28. The van der Waals surface area contributed by atoms with E-state index in [1.54, 1.807) is 31.5 Å². The van der Waals surface area contributed by atoms with Crippen LogP contribution in [0, 0.1) is 6.92 Å². The van der Waals surface area contributed by atoms with Crippen molar-refractivity contribution in [3.63, 3.8) is 0 Å². The van der Waals surface area contributed by atoms with E-state index in [4.69, 9.17) is 4.52 Å². The number of pyridine rings is 1. The second kappa shape index (κ2) is 7.49. The Bertz CT molecular complexity index is 820. The van der Waals surface area contributed by atoms with E-state index in [1.165, 1.54) is 23.1 Å². The summed E-state index contributed by atoms with van der Waals surface area (Å²) in [6.45, 7) is 3.67. The number of nitrogens with one attached hydrogen (secondary N) is 1. The molecule has 24 heavy (non-hydrogen) atoms. The molecule has 0 fully saturated rings. The van der Waals surface area contributed by atoms with Crippen molar-refractivity contribution in [1.29, 1.82) is 0 Å². The molecule has 0 spiro atoms. The van der Waals surface area contributed by atoms with Gasteiger partial charge in [0.05, 0.1) is 5.75 Å². The Labute approximate surface area is 146 Å². The van der Waals surface area contributed by atoms with Gasteiger partial charge in [-0.15, -0.1) is 10.2 Å². The van der Waals surface area contributed by atoms with Crippen molar-refractivity contribution in [2.75, 3.05) is 5.75 Å². The average Bonchev–Trinajstić information content (AvgIpc) is 3.23. The maximum Gasteiger partial charge on any atom is 0.249 e. The third kappa shape index (κ3) is 4.15. The Hall–Kier alpha value is -2.33. The fourth-order valence-corrected chi connectivity index (χ4v) is 3.46. The number of hydrogen-bond acceptors (Lipinski definition) is 9. The van der Waals surface area contributed by atoms with Crippen LogP contribution in [0.5, 0.6) is 0 Å². The first kappa shape index (κ1) is 16.5. The number of aromatic nitrogens is 5. The molecule has 1 atom stereocenters. The molecule has 0 radical (unpaired) electrons. The van der Waals surface area contributed by atoms with Crippen molar-refractivity contribution in [1.82, 2.24) is 30.6 Å². The second-order valence-electron chi connectivity index (χ2n) is 4.86. The van der Waals surface area contributed by atoms with E-state index >= 15 is 0 Å². The molecule has 0 aliphatic carbocycles. The number of carbonyl (C=O) groups excluding carboxylic acids is 1. The van der Waals surface area contributed by atoms with E-state index in [0.717, 1.165) is 14.9 Å². The molecular formula is C14H14N6O2S2. The fraction of sp³-hybridized carbons (Fsp3) is 0.286. The third-order valence-corrected chi connectivity index (χ3v) is 4.93. The van der Waals surface area contributed by atoms with Gasteiger partial charge in [-0.2, -0.15) is 4.98 Å². The summed E-state index contributed by atoms with van der Waals surface area (Å²) in [6, 6.07) is 3.20. The van der Waals surface area contributed by atoms with E-state index < -0.39 is 0 Å². The van der Waals surface area contributed by atoms with Crippen molar-refractivity contribution in [3.05, 3.63) is 35.4 Å². The SMILES string of the molecule is Cc1nnc(SCC(=O)N[C@@H](C)c2nc(-c3ccncc3)no2)s1. The number of amides is 1. The smallest absolute Gasteiger partial charge is 0.249 e. The van der Waals surface area contributed by atoms with Gasteiger partial charge < -0.3 is 9.84 Å². The predicted octanol–water partition coefficient (Wildman–Crippen LogP) is 2.26. The predicted molar refractivity (Wildman–Crippen MR) is 89.5 cm³/mol. The maximum absolute atomic E-state index is 12.0. The topological polar surface area (TPSA) is 107 Å². The van der Waals surface area contributed by atoms with Crippen molar-refractivity contribution in [3.8, 4) is 11.4 Å². The summed E-state index contributed by atoms with van der Waals surface area (Å²) in [5.41, 5.74) is 0.806. The van der Waals surface area contributed by atoms with E-state index in [2.05, 4.69) is 30.6 Å². The zero-order valence-corrected chi connectivity index (χ0v) is 14.6. The normalized spacial score (nSPS) is 12.1. The Kier molecular flexibility index (Phi) is 5.16. The summed E-state index contributed by atoms with van der Waals surface area (Å²) in [7, 11) is 0. The quantitative estimate of drug-likeness (QED) is 0.666. The third-order valence-electron chi connectivity index (χ3n) is 2.96. The highest BCUT2D eigenvalue weighted by molar-refractivity contribution is 8.01. The van der Waals surface area contributed by atoms with Gasteiger partial charge in [0.15, 0.2) is 4.34 Å². The van der Waals surface area contributed by atoms with Gasteiger partial charge in [-0.1, -0.05) is 28.3 Å². The summed E-state index contributed by atoms with van der Waals surface area (Å²) >= 11 is 2.81. The minimum atomic E-state index is -0.377. The molecule has 0 unspecified atom stereocenters. The largest absolute Gasteiger partial charge is 0.344 e. The minimum Gasteiger partial charge on any atom is -0.344 e. The summed E-state index contributed by atoms with van der Waals surface area (Å²) in [5, 5.41) is 15.5. The first-order valence-electron chi connectivity index (χ1n) is 7.08. The van der Waals surface area contributed by atoms with Crippen molar-refractivity contribution in [2.45, 2.75) is 24.2 Å². The van der Waals surface area contributed by atoms with Crippen LogP contribution < -0.4 is 5.32 Å². The standard InChI is InChI=1S/C14H14N6O2S2/c1-8(16-11(21)7-23-14-19-18-9(2)24-14)13-17-12(20-22-13)10-3-5-15-6-4-10/h3-6,8H,7H2,1-2H3,(H,16,21)/t8-/m0/s1. The summed E-state index contributed by atoms with van der Waals surface area (Å²) < 4.78 is 6.00. The van der Waals surface area contributed by atoms with E-state index in [-0.39, 0.29) is 17.7 Å². The van der Waals surface area contributed by atoms with Crippen LogP contribution in [-0.4, -0.2) is 37.0 Å². The zero-order chi connectivity index (χ0) is 16.9. The lowest BCUT2D eigenvalue weighted by molar-refractivity contribution is -0.119. The first-order valence-corrected chi connectivity index (χ1v) is 8.88. The number of thioether (sulfide) groups is 1. The molecule has 3 rings (SSSR count). The molecule has 0 saturated heterocycles. The minimum absolute atomic E-state index is 0.135. The first-order chi connectivity index (χ1) is 11.6. The van der Waals surface area contributed by atoms with Crippen LogP contribution in [0.15, 0.2) is 33.4 Å². The van der Waals surface area contributed by atoms with Crippen molar-refractivity contribution >= 4 is 29.0 Å². The highest BCUT2D eigenvalue weighted by atomic mass is 32.2. The van der Waals surface area contributed by atoms with Crippen LogP contribution in [0.4, 0.5) is 0 Å². The zero-order valence-electron chi connectivity index (χ0n) is 13.0. The molecule has 0 aliphatic heterocycles. The Morgan fingerprint density at radius 1 is 1.38 bits per heavy atom. The number of nitrogens with zero attached hydrogens (tertiary/aromatic N) is 5. The number of carbonyl (C=O) groups is 1. The number of aryl methyl sites for hydroxylation is 1. The molecular weight excluding hydrogens is 348 g/mol. The van der Waals surface area contributed by atoms with Crippen LogP contribution in [0.1, 0.15) is 23.9 Å². The molecule has 1 N–H and O–H groups in total. The van der Waals surface area contributed by atoms with E-state index in [0.29, 0.717) is 11.7 Å². The second-order valence-corrected chi connectivity index (χ2v) is 7.26. The van der Waals surface area contributed by atoms with E-state index in [9.17, 15) is 4.79 Å². The molecule has 1 amide bonds. The highest BCUT2D eigenvalue weighted by Gasteiger charge is 2.17. The molecule has 124 valence electrons. The van der Waals surface area contributed by atoms with Gasteiger partial charge >= 0.3 is 0 Å². The Morgan fingerprint density at radius 3 is 2.88 bits per heavy atom. The Balaban J connectivity index is 1.55. The number of hydrogen-bond donors (Lipinski definition) is 1. The lowest BCUT2D eigenvalue weighted by atomic mass is 10.2. The molecule has 0 aromatic carbocycles. The van der Waals surface area contributed by atoms with Gasteiger partial charge in [-0.05, 0) is 26.0 Å². The van der Waals surface area contributed by atoms with Gasteiger partial charge in [-0.3, -0.25) is 9.78 Å². The summed E-state index contributed by atoms with van der Waals surface area (Å²) in [4.78, 5) is 20.3. The van der Waals surface area contributed by atoms with Crippen LogP contribution in [0.3, 0.4) is 0 Å². The number of rotatable bonds is 6. The van der Waals surface area contributed by atoms with Crippen LogP contribution >= 0.6 is 23.1 Å². The molecule has 3 aromatic heterocycles. The molecule has 0 bridgehead atoms. The van der Waals surface area contributed by atoms with E-state index in [1.807, 2.05) is 6.92 Å².